The van der Waals surface area contributed by atoms with Crippen molar-refractivity contribution in [2.24, 2.45) is 0 Å². The van der Waals surface area contributed by atoms with Crippen LogP contribution < -0.4 is 5.32 Å². The number of carbonyl (C=O) groups is 1. The van der Waals surface area contributed by atoms with Gasteiger partial charge in [-0.05, 0) is 31.0 Å². The van der Waals surface area contributed by atoms with Crippen molar-refractivity contribution in [2.45, 2.75) is 26.5 Å². The SMILES string of the molecule is Cc1ccc(CNC(=O)CN2CCOC(C)C2)cc1F. The standard InChI is InChI=1S/C15H21FN2O2/c1-11-3-4-13(7-14(11)16)8-17-15(19)10-18-5-6-20-12(2)9-18/h3-4,7,12H,5-6,8-10H2,1-2H3,(H,17,19). The van der Waals surface area contributed by atoms with Gasteiger partial charge < -0.3 is 10.1 Å². The first-order chi connectivity index (χ1) is 9.54. The predicted octanol–water partition coefficient (Wildman–Crippen LogP) is 1.47. The third-order valence-electron chi connectivity index (χ3n) is 3.42. The number of benzene rings is 1. The van der Waals surface area contributed by atoms with Gasteiger partial charge in [0.2, 0.25) is 5.91 Å². The van der Waals surface area contributed by atoms with Gasteiger partial charge in [-0.1, -0.05) is 12.1 Å². The summed E-state index contributed by atoms with van der Waals surface area (Å²) in [7, 11) is 0. The van der Waals surface area contributed by atoms with E-state index in [2.05, 4.69) is 10.2 Å². The van der Waals surface area contributed by atoms with E-state index in [0.29, 0.717) is 25.3 Å². The molecule has 1 heterocycles. The van der Waals surface area contributed by atoms with Gasteiger partial charge in [-0.25, -0.2) is 4.39 Å². The number of morpholine rings is 1. The second kappa shape index (κ2) is 6.81. The first-order valence-electron chi connectivity index (χ1n) is 6.90. The molecule has 0 aromatic heterocycles. The fourth-order valence-electron chi connectivity index (χ4n) is 2.24. The minimum Gasteiger partial charge on any atom is -0.376 e. The van der Waals surface area contributed by atoms with Crippen molar-refractivity contribution in [1.82, 2.24) is 10.2 Å². The van der Waals surface area contributed by atoms with Gasteiger partial charge >= 0.3 is 0 Å². The lowest BCUT2D eigenvalue weighted by Gasteiger charge is -2.30. The molecule has 4 nitrogen and oxygen atoms in total. The van der Waals surface area contributed by atoms with E-state index >= 15 is 0 Å². The van der Waals surface area contributed by atoms with E-state index in [1.165, 1.54) is 6.07 Å². The van der Waals surface area contributed by atoms with Crippen molar-refractivity contribution >= 4 is 5.91 Å². The minimum atomic E-state index is -0.237. The zero-order chi connectivity index (χ0) is 14.5. The first kappa shape index (κ1) is 14.9. The molecule has 110 valence electrons. The Kier molecular flexibility index (Phi) is 5.09. The molecule has 1 aromatic carbocycles. The van der Waals surface area contributed by atoms with Gasteiger partial charge in [0.15, 0.2) is 0 Å². The topological polar surface area (TPSA) is 41.6 Å². The summed E-state index contributed by atoms with van der Waals surface area (Å²) in [5.41, 5.74) is 1.39. The molecule has 0 bridgehead atoms. The molecule has 1 aliphatic heterocycles. The summed E-state index contributed by atoms with van der Waals surface area (Å²) < 4.78 is 18.8. The number of hydrogen-bond donors (Lipinski definition) is 1. The maximum atomic E-state index is 13.4. The summed E-state index contributed by atoms with van der Waals surface area (Å²) in [6.07, 6.45) is 0.169. The van der Waals surface area contributed by atoms with Gasteiger partial charge in [-0.3, -0.25) is 9.69 Å². The molecule has 0 spiro atoms. The summed E-state index contributed by atoms with van der Waals surface area (Å²) in [6, 6.07) is 5.02. The van der Waals surface area contributed by atoms with Gasteiger partial charge in [0, 0.05) is 19.6 Å². The predicted molar refractivity (Wildman–Crippen MR) is 74.8 cm³/mol. The van der Waals surface area contributed by atoms with Crippen LogP contribution in [0.2, 0.25) is 0 Å². The zero-order valence-electron chi connectivity index (χ0n) is 12.0. The molecule has 1 amide bonds. The maximum Gasteiger partial charge on any atom is 0.234 e. The Hall–Kier alpha value is -1.46. The third kappa shape index (κ3) is 4.28. The lowest BCUT2D eigenvalue weighted by molar-refractivity contribution is -0.124. The van der Waals surface area contributed by atoms with Crippen molar-refractivity contribution < 1.29 is 13.9 Å². The van der Waals surface area contributed by atoms with E-state index in [9.17, 15) is 9.18 Å². The van der Waals surface area contributed by atoms with Gasteiger partial charge in [0.05, 0.1) is 19.3 Å². The average Bonchev–Trinajstić information content (AvgIpc) is 2.40. The largest absolute Gasteiger partial charge is 0.376 e. The highest BCUT2D eigenvalue weighted by atomic mass is 19.1. The Morgan fingerprint density at radius 1 is 1.55 bits per heavy atom. The zero-order valence-corrected chi connectivity index (χ0v) is 12.0. The van der Waals surface area contributed by atoms with Crippen molar-refractivity contribution in [3.05, 3.63) is 35.1 Å². The molecule has 2 rings (SSSR count). The molecule has 0 radical (unpaired) electrons. The highest BCUT2D eigenvalue weighted by molar-refractivity contribution is 5.78. The second-order valence-corrected chi connectivity index (χ2v) is 5.28. The van der Waals surface area contributed by atoms with Crippen LogP contribution in [0.25, 0.3) is 0 Å². The lowest BCUT2D eigenvalue weighted by Crippen LogP contribution is -2.45. The molecule has 1 unspecified atom stereocenters. The lowest BCUT2D eigenvalue weighted by atomic mass is 10.1. The van der Waals surface area contributed by atoms with Crippen molar-refractivity contribution in [3.8, 4) is 0 Å². The molecule has 1 aliphatic rings. The number of halogens is 1. The molecular weight excluding hydrogens is 259 g/mol. The molecule has 0 saturated carbocycles. The van der Waals surface area contributed by atoms with E-state index in [1.807, 2.05) is 13.0 Å². The molecule has 20 heavy (non-hydrogen) atoms. The van der Waals surface area contributed by atoms with Crippen LogP contribution in [0.1, 0.15) is 18.1 Å². The van der Waals surface area contributed by atoms with Crippen molar-refractivity contribution in [3.63, 3.8) is 0 Å². The minimum absolute atomic E-state index is 0.0416. The van der Waals surface area contributed by atoms with Crippen molar-refractivity contribution in [2.75, 3.05) is 26.2 Å². The summed E-state index contributed by atoms with van der Waals surface area (Å²) in [4.78, 5) is 13.9. The van der Waals surface area contributed by atoms with Crippen LogP contribution in [0.4, 0.5) is 4.39 Å². The quantitative estimate of drug-likeness (QED) is 0.908. The highest BCUT2D eigenvalue weighted by Gasteiger charge is 2.18. The summed E-state index contributed by atoms with van der Waals surface area (Å²) in [6.45, 7) is 6.65. The third-order valence-corrected chi connectivity index (χ3v) is 3.42. The number of hydrogen-bond acceptors (Lipinski definition) is 3. The normalized spacial score (nSPS) is 19.9. The van der Waals surface area contributed by atoms with Crippen LogP contribution in [0, 0.1) is 12.7 Å². The molecule has 1 atom stereocenters. The van der Waals surface area contributed by atoms with E-state index < -0.39 is 0 Å². The molecular formula is C15H21FN2O2. The Labute approximate surface area is 118 Å². The summed E-state index contributed by atoms with van der Waals surface area (Å²) in [5.74, 6) is -0.279. The van der Waals surface area contributed by atoms with Gasteiger partial charge in [0.1, 0.15) is 5.82 Å². The van der Waals surface area contributed by atoms with E-state index in [0.717, 1.165) is 18.7 Å². The Balaban J connectivity index is 1.78. The fraction of sp³-hybridized carbons (Fsp3) is 0.533. The summed E-state index contributed by atoms with van der Waals surface area (Å²) in [5, 5.41) is 2.82. The number of rotatable bonds is 4. The van der Waals surface area contributed by atoms with E-state index in [1.54, 1.807) is 13.0 Å². The number of nitrogens with one attached hydrogen (secondary N) is 1. The summed E-state index contributed by atoms with van der Waals surface area (Å²) >= 11 is 0. The maximum absolute atomic E-state index is 13.4. The smallest absolute Gasteiger partial charge is 0.234 e. The monoisotopic (exact) mass is 280 g/mol. The highest BCUT2D eigenvalue weighted by Crippen LogP contribution is 2.09. The Morgan fingerprint density at radius 2 is 2.35 bits per heavy atom. The van der Waals surface area contributed by atoms with E-state index in [4.69, 9.17) is 4.74 Å². The van der Waals surface area contributed by atoms with Gasteiger partial charge in [-0.2, -0.15) is 0 Å². The van der Waals surface area contributed by atoms with Gasteiger partial charge in [-0.15, -0.1) is 0 Å². The molecule has 1 saturated heterocycles. The molecule has 1 fully saturated rings. The number of amides is 1. The van der Waals surface area contributed by atoms with Crippen LogP contribution in [0.5, 0.6) is 0 Å². The van der Waals surface area contributed by atoms with Crippen LogP contribution in [0.3, 0.4) is 0 Å². The Morgan fingerprint density at radius 3 is 3.05 bits per heavy atom. The van der Waals surface area contributed by atoms with Crippen LogP contribution >= 0.6 is 0 Å². The number of carbonyl (C=O) groups excluding carboxylic acids is 1. The fourth-order valence-corrected chi connectivity index (χ4v) is 2.24. The van der Waals surface area contributed by atoms with Crippen LogP contribution in [-0.4, -0.2) is 43.2 Å². The second-order valence-electron chi connectivity index (χ2n) is 5.28. The average molecular weight is 280 g/mol. The van der Waals surface area contributed by atoms with Crippen LogP contribution in [0.15, 0.2) is 18.2 Å². The number of nitrogens with zero attached hydrogens (tertiary/aromatic N) is 1. The van der Waals surface area contributed by atoms with E-state index in [-0.39, 0.29) is 17.8 Å². The Bertz CT molecular complexity index is 479. The first-order valence-corrected chi connectivity index (χ1v) is 6.90. The molecule has 5 heteroatoms. The molecule has 1 N–H and O–H groups in total. The molecule has 0 aliphatic carbocycles. The number of ether oxygens (including phenoxy) is 1. The molecule has 1 aromatic rings. The van der Waals surface area contributed by atoms with Crippen molar-refractivity contribution in [1.29, 1.82) is 0 Å². The van der Waals surface area contributed by atoms with Gasteiger partial charge in [0.25, 0.3) is 0 Å². The number of aryl methyl sites for hydroxylation is 1. The van der Waals surface area contributed by atoms with Crippen LogP contribution in [-0.2, 0) is 16.1 Å².